The van der Waals surface area contributed by atoms with Gasteiger partial charge in [0, 0.05) is 11.1 Å². The van der Waals surface area contributed by atoms with Gasteiger partial charge < -0.3 is 14.8 Å². The Balaban J connectivity index is 1.71. The number of ether oxygens (including phenoxy) is 2. The molecule has 1 amide bonds. The zero-order valence-electron chi connectivity index (χ0n) is 11.1. The first-order valence-electron chi connectivity index (χ1n) is 6.43. The summed E-state index contributed by atoms with van der Waals surface area (Å²) in [4.78, 5) is 23.1. The first-order valence-corrected chi connectivity index (χ1v) is 6.80. The zero-order valence-corrected chi connectivity index (χ0v) is 11.9. The van der Waals surface area contributed by atoms with Gasteiger partial charge in [0.25, 0.3) is 5.91 Å². The molecule has 0 spiro atoms. The second-order valence-electron chi connectivity index (χ2n) is 4.66. The Morgan fingerprint density at radius 2 is 2.00 bits per heavy atom. The summed E-state index contributed by atoms with van der Waals surface area (Å²) in [6.45, 7) is 1.29. The van der Waals surface area contributed by atoms with Crippen LogP contribution < -0.4 is 10.1 Å². The molecule has 1 aliphatic carbocycles. The number of hydrogen-bond donors (Lipinski definition) is 1. The standard InChI is InChI=1S/C14H16ClNO4/c1-9(14(18)16-11-4-5-11)20-13(17)8-19-12-6-2-10(15)3-7-12/h2-3,6-7,9,11H,4-5,8H2,1H3,(H,16,18)/t9-/m1/s1. The third-order valence-electron chi connectivity index (χ3n) is 2.77. The van der Waals surface area contributed by atoms with Crippen molar-refractivity contribution in [2.24, 2.45) is 0 Å². The summed E-state index contributed by atoms with van der Waals surface area (Å²) in [5.74, 6) is -0.341. The number of halogens is 1. The van der Waals surface area contributed by atoms with Gasteiger partial charge in [-0.05, 0) is 44.0 Å². The second-order valence-corrected chi connectivity index (χ2v) is 5.09. The fourth-order valence-corrected chi connectivity index (χ4v) is 1.63. The van der Waals surface area contributed by atoms with E-state index in [9.17, 15) is 9.59 Å². The third-order valence-corrected chi connectivity index (χ3v) is 3.02. The summed E-state index contributed by atoms with van der Waals surface area (Å²) in [6.07, 6.45) is 1.18. The second kappa shape index (κ2) is 6.61. The maximum absolute atomic E-state index is 11.6. The summed E-state index contributed by atoms with van der Waals surface area (Å²) in [6, 6.07) is 6.87. The Bertz CT molecular complexity index is 484. The molecule has 1 aliphatic rings. The van der Waals surface area contributed by atoms with Crippen molar-refractivity contribution in [1.29, 1.82) is 0 Å². The van der Waals surface area contributed by atoms with Gasteiger partial charge in [-0.2, -0.15) is 0 Å². The number of amides is 1. The van der Waals surface area contributed by atoms with E-state index in [0.29, 0.717) is 10.8 Å². The molecule has 1 atom stereocenters. The van der Waals surface area contributed by atoms with Crippen molar-refractivity contribution in [3.05, 3.63) is 29.3 Å². The number of rotatable bonds is 6. The number of nitrogens with one attached hydrogen (secondary N) is 1. The van der Waals surface area contributed by atoms with Gasteiger partial charge in [-0.3, -0.25) is 4.79 Å². The lowest BCUT2D eigenvalue weighted by Crippen LogP contribution is -2.37. The van der Waals surface area contributed by atoms with Crippen LogP contribution in [0, 0.1) is 0 Å². The van der Waals surface area contributed by atoms with Gasteiger partial charge in [0.15, 0.2) is 12.7 Å². The summed E-state index contributed by atoms with van der Waals surface area (Å²) < 4.78 is 10.2. The van der Waals surface area contributed by atoms with Gasteiger partial charge >= 0.3 is 5.97 Å². The number of carbonyl (C=O) groups is 2. The highest BCUT2D eigenvalue weighted by Gasteiger charge is 2.27. The molecule has 108 valence electrons. The topological polar surface area (TPSA) is 64.6 Å². The molecule has 0 heterocycles. The number of benzene rings is 1. The average Bonchev–Trinajstić information content (AvgIpc) is 3.22. The molecule has 20 heavy (non-hydrogen) atoms. The highest BCUT2D eigenvalue weighted by molar-refractivity contribution is 6.30. The summed E-state index contributed by atoms with van der Waals surface area (Å²) in [5, 5.41) is 3.36. The Hall–Kier alpha value is -1.75. The first-order chi connectivity index (χ1) is 9.54. The van der Waals surface area contributed by atoms with Crippen LogP contribution in [-0.2, 0) is 14.3 Å². The van der Waals surface area contributed by atoms with Crippen LogP contribution in [0.5, 0.6) is 5.75 Å². The smallest absolute Gasteiger partial charge is 0.344 e. The fraction of sp³-hybridized carbons (Fsp3) is 0.429. The van der Waals surface area contributed by atoms with Gasteiger partial charge in [-0.25, -0.2) is 4.79 Å². The third kappa shape index (κ3) is 4.74. The Labute approximate surface area is 122 Å². The van der Waals surface area contributed by atoms with E-state index >= 15 is 0 Å². The van der Waals surface area contributed by atoms with Crippen molar-refractivity contribution in [1.82, 2.24) is 5.32 Å². The van der Waals surface area contributed by atoms with Crippen LogP contribution in [0.25, 0.3) is 0 Å². The minimum Gasteiger partial charge on any atom is -0.482 e. The number of carbonyl (C=O) groups excluding carboxylic acids is 2. The van der Waals surface area contributed by atoms with Crippen molar-refractivity contribution >= 4 is 23.5 Å². The lowest BCUT2D eigenvalue weighted by molar-refractivity contribution is -0.156. The minimum atomic E-state index is -0.808. The number of esters is 1. The predicted octanol–water partition coefficient (Wildman–Crippen LogP) is 1.93. The maximum Gasteiger partial charge on any atom is 0.344 e. The lowest BCUT2D eigenvalue weighted by Gasteiger charge is -2.13. The first kappa shape index (κ1) is 14.7. The van der Waals surface area contributed by atoms with Crippen LogP contribution in [0.3, 0.4) is 0 Å². The molecule has 0 unspecified atom stereocenters. The SMILES string of the molecule is C[C@@H](OC(=O)COc1ccc(Cl)cc1)C(=O)NC1CC1. The maximum atomic E-state index is 11.6. The van der Waals surface area contributed by atoms with Crippen LogP contribution in [0.1, 0.15) is 19.8 Å². The Morgan fingerprint density at radius 3 is 2.60 bits per heavy atom. The Morgan fingerprint density at radius 1 is 1.35 bits per heavy atom. The van der Waals surface area contributed by atoms with Gasteiger partial charge in [0.1, 0.15) is 5.75 Å². The molecule has 1 aromatic rings. The summed E-state index contributed by atoms with van der Waals surface area (Å²) >= 11 is 5.73. The van der Waals surface area contributed by atoms with E-state index in [2.05, 4.69) is 5.32 Å². The van der Waals surface area contributed by atoms with Crippen LogP contribution in [0.2, 0.25) is 5.02 Å². The lowest BCUT2D eigenvalue weighted by atomic mass is 10.3. The van der Waals surface area contributed by atoms with E-state index < -0.39 is 12.1 Å². The molecule has 1 aromatic carbocycles. The normalized spacial score (nSPS) is 15.3. The van der Waals surface area contributed by atoms with E-state index in [1.165, 1.54) is 6.92 Å². The molecule has 0 aromatic heterocycles. The van der Waals surface area contributed by atoms with E-state index in [-0.39, 0.29) is 18.6 Å². The molecule has 0 bridgehead atoms. The van der Waals surface area contributed by atoms with E-state index in [1.807, 2.05) is 0 Å². The van der Waals surface area contributed by atoms with Crippen LogP contribution in [0.4, 0.5) is 0 Å². The molecule has 0 radical (unpaired) electrons. The van der Waals surface area contributed by atoms with Crippen molar-refractivity contribution in [3.8, 4) is 5.75 Å². The molecular weight excluding hydrogens is 282 g/mol. The number of hydrogen-bond acceptors (Lipinski definition) is 4. The molecule has 1 saturated carbocycles. The summed E-state index contributed by atoms with van der Waals surface area (Å²) in [5.41, 5.74) is 0. The van der Waals surface area contributed by atoms with Crippen molar-refractivity contribution in [2.75, 3.05) is 6.61 Å². The highest BCUT2D eigenvalue weighted by atomic mass is 35.5. The van der Waals surface area contributed by atoms with Gasteiger partial charge in [-0.1, -0.05) is 11.6 Å². The molecular formula is C14H16ClNO4. The van der Waals surface area contributed by atoms with E-state index in [1.54, 1.807) is 24.3 Å². The molecule has 5 nitrogen and oxygen atoms in total. The zero-order chi connectivity index (χ0) is 14.5. The molecule has 1 fully saturated rings. The van der Waals surface area contributed by atoms with Crippen molar-refractivity contribution in [2.45, 2.75) is 31.9 Å². The van der Waals surface area contributed by atoms with Gasteiger partial charge in [-0.15, -0.1) is 0 Å². The van der Waals surface area contributed by atoms with Crippen molar-refractivity contribution in [3.63, 3.8) is 0 Å². The molecule has 1 N–H and O–H groups in total. The molecule has 2 rings (SSSR count). The van der Waals surface area contributed by atoms with Crippen LogP contribution in [-0.4, -0.2) is 30.6 Å². The quantitative estimate of drug-likeness (QED) is 0.815. The monoisotopic (exact) mass is 297 g/mol. The molecule has 0 saturated heterocycles. The highest BCUT2D eigenvalue weighted by Crippen LogP contribution is 2.19. The van der Waals surface area contributed by atoms with Crippen molar-refractivity contribution < 1.29 is 19.1 Å². The van der Waals surface area contributed by atoms with Gasteiger partial charge in [0.2, 0.25) is 0 Å². The van der Waals surface area contributed by atoms with E-state index in [0.717, 1.165) is 12.8 Å². The summed E-state index contributed by atoms with van der Waals surface area (Å²) in [7, 11) is 0. The van der Waals surface area contributed by atoms with Crippen LogP contribution >= 0.6 is 11.6 Å². The van der Waals surface area contributed by atoms with Crippen LogP contribution in [0.15, 0.2) is 24.3 Å². The average molecular weight is 298 g/mol. The minimum absolute atomic E-state index is 0.244. The van der Waals surface area contributed by atoms with Gasteiger partial charge in [0.05, 0.1) is 0 Å². The van der Waals surface area contributed by atoms with E-state index in [4.69, 9.17) is 21.1 Å². The molecule has 0 aliphatic heterocycles. The predicted molar refractivity (Wildman–Crippen MR) is 73.7 cm³/mol. The molecule has 6 heteroatoms. The fourth-order valence-electron chi connectivity index (χ4n) is 1.50. The largest absolute Gasteiger partial charge is 0.482 e. The Kier molecular flexibility index (Phi) is 4.84.